The molecule has 4 rings (SSSR count). The van der Waals surface area contributed by atoms with Gasteiger partial charge in [0.05, 0.1) is 0 Å². The average Bonchev–Trinajstić information content (AvgIpc) is 3.10. The molecule has 0 atom stereocenters. The van der Waals surface area contributed by atoms with E-state index in [4.69, 9.17) is 11.6 Å². The van der Waals surface area contributed by atoms with Crippen LogP contribution >= 0.6 is 22.9 Å². The van der Waals surface area contributed by atoms with Crippen LogP contribution in [0.25, 0.3) is 21.3 Å². The summed E-state index contributed by atoms with van der Waals surface area (Å²) in [6, 6.07) is 18.5. The Kier molecular flexibility index (Phi) is 4.13. The highest BCUT2D eigenvalue weighted by Crippen LogP contribution is 2.37. The van der Waals surface area contributed by atoms with Gasteiger partial charge in [-0.3, -0.25) is 0 Å². The summed E-state index contributed by atoms with van der Waals surface area (Å²) >= 11 is 7.21. The van der Waals surface area contributed by atoms with Gasteiger partial charge in [0.15, 0.2) is 0 Å². The molecule has 1 heterocycles. The number of fused-ring (bicyclic) bond motifs is 1. The molecule has 0 saturated heterocycles. The first kappa shape index (κ1) is 15.7. The van der Waals surface area contributed by atoms with Gasteiger partial charge in [0.2, 0.25) is 0 Å². The minimum atomic E-state index is 0.0740. The molecule has 5 nitrogen and oxygen atoms in total. The summed E-state index contributed by atoms with van der Waals surface area (Å²) in [4.78, 5) is 0. The van der Waals surface area contributed by atoms with Gasteiger partial charge in [0.1, 0.15) is 16.4 Å². The normalized spacial score (nSPS) is 11.4. The summed E-state index contributed by atoms with van der Waals surface area (Å²) in [5.74, 6) is 0.0740. The van der Waals surface area contributed by atoms with Crippen molar-refractivity contribution in [1.82, 2.24) is 10.2 Å². The van der Waals surface area contributed by atoms with E-state index in [0.717, 1.165) is 21.3 Å². The van der Waals surface area contributed by atoms with Gasteiger partial charge >= 0.3 is 0 Å². The molecule has 0 unspecified atom stereocenters. The van der Waals surface area contributed by atoms with Gasteiger partial charge in [-0.15, -0.1) is 20.4 Å². The lowest BCUT2D eigenvalue weighted by atomic mass is 10.1. The fourth-order valence-electron chi connectivity index (χ4n) is 2.41. The number of hydrogen-bond acceptors (Lipinski definition) is 6. The number of nitrogens with zero attached hydrogens (tertiary/aromatic N) is 4. The van der Waals surface area contributed by atoms with Crippen molar-refractivity contribution in [3.8, 4) is 16.3 Å². The van der Waals surface area contributed by atoms with E-state index < -0.39 is 0 Å². The fraction of sp³-hybridized carbons (Fsp3) is 0. The number of phenols is 1. The summed E-state index contributed by atoms with van der Waals surface area (Å²) in [6.45, 7) is 0. The number of rotatable bonds is 3. The summed E-state index contributed by atoms with van der Waals surface area (Å²) in [7, 11) is 0. The number of aromatic nitrogens is 2. The SMILES string of the molecule is Oc1ccc2ccccc2c1N=Nc1nnc(-c2ccc(Cl)cc2)s1. The Balaban J connectivity index is 1.67. The molecule has 0 radical (unpaired) electrons. The third kappa shape index (κ3) is 3.22. The zero-order chi connectivity index (χ0) is 17.2. The van der Waals surface area contributed by atoms with E-state index in [1.165, 1.54) is 11.3 Å². The van der Waals surface area contributed by atoms with Crippen LogP contribution in [-0.2, 0) is 0 Å². The van der Waals surface area contributed by atoms with Crippen molar-refractivity contribution in [3.05, 3.63) is 65.7 Å². The molecule has 0 aliphatic heterocycles. The number of halogens is 1. The predicted octanol–water partition coefficient (Wildman–Crippen LogP) is 6.13. The van der Waals surface area contributed by atoms with Crippen molar-refractivity contribution in [1.29, 1.82) is 0 Å². The quantitative estimate of drug-likeness (QED) is 0.443. The van der Waals surface area contributed by atoms with Crippen molar-refractivity contribution in [3.63, 3.8) is 0 Å². The topological polar surface area (TPSA) is 70.7 Å². The molecular formula is C18H11ClN4OS. The molecule has 25 heavy (non-hydrogen) atoms. The van der Waals surface area contributed by atoms with Gasteiger partial charge in [-0.05, 0) is 23.6 Å². The number of azo groups is 1. The van der Waals surface area contributed by atoms with Gasteiger partial charge in [0, 0.05) is 16.0 Å². The van der Waals surface area contributed by atoms with E-state index >= 15 is 0 Å². The predicted molar refractivity (Wildman–Crippen MR) is 100 cm³/mol. The molecule has 3 aromatic carbocycles. The first-order chi connectivity index (χ1) is 12.2. The molecule has 0 saturated carbocycles. The minimum Gasteiger partial charge on any atom is -0.506 e. The highest BCUT2D eigenvalue weighted by atomic mass is 35.5. The maximum Gasteiger partial charge on any atom is 0.252 e. The molecular weight excluding hydrogens is 356 g/mol. The highest BCUT2D eigenvalue weighted by molar-refractivity contribution is 7.18. The fourth-order valence-corrected chi connectivity index (χ4v) is 3.20. The average molecular weight is 367 g/mol. The van der Waals surface area contributed by atoms with Gasteiger partial charge in [-0.1, -0.05) is 65.4 Å². The second-order valence-corrected chi connectivity index (χ2v) is 6.64. The second kappa shape index (κ2) is 6.58. The third-order valence-corrected chi connectivity index (χ3v) is 4.73. The van der Waals surface area contributed by atoms with Crippen LogP contribution in [0, 0.1) is 0 Å². The zero-order valence-electron chi connectivity index (χ0n) is 12.8. The van der Waals surface area contributed by atoms with Crippen LogP contribution in [0.3, 0.4) is 0 Å². The van der Waals surface area contributed by atoms with Crippen LogP contribution in [0.2, 0.25) is 5.02 Å². The largest absolute Gasteiger partial charge is 0.506 e. The summed E-state index contributed by atoms with van der Waals surface area (Å²) in [6.07, 6.45) is 0. The molecule has 0 fully saturated rings. The summed E-state index contributed by atoms with van der Waals surface area (Å²) in [5, 5.41) is 30.2. The molecule has 7 heteroatoms. The number of phenolic OH excluding ortho intramolecular Hbond substituents is 1. The zero-order valence-corrected chi connectivity index (χ0v) is 14.4. The van der Waals surface area contributed by atoms with Gasteiger partial charge in [-0.2, -0.15) is 0 Å². The Morgan fingerprint density at radius 2 is 1.68 bits per heavy atom. The van der Waals surface area contributed by atoms with Crippen molar-refractivity contribution < 1.29 is 5.11 Å². The Bertz CT molecular complexity index is 1080. The van der Waals surface area contributed by atoms with Crippen molar-refractivity contribution in [2.45, 2.75) is 0 Å². The van der Waals surface area contributed by atoms with Crippen molar-refractivity contribution >= 4 is 44.5 Å². The van der Waals surface area contributed by atoms with E-state index in [-0.39, 0.29) is 5.75 Å². The smallest absolute Gasteiger partial charge is 0.252 e. The Morgan fingerprint density at radius 3 is 2.52 bits per heavy atom. The second-order valence-electron chi connectivity index (χ2n) is 5.25. The molecule has 0 bridgehead atoms. The lowest BCUT2D eigenvalue weighted by molar-refractivity contribution is 0.477. The van der Waals surface area contributed by atoms with Crippen LogP contribution in [0.5, 0.6) is 5.75 Å². The van der Waals surface area contributed by atoms with Crippen LogP contribution in [0.1, 0.15) is 0 Å². The molecule has 0 amide bonds. The minimum absolute atomic E-state index is 0.0740. The summed E-state index contributed by atoms with van der Waals surface area (Å²) < 4.78 is 0. The van der Waals surface area contributed by atoms with Gasteiger partial charge in [0.25, 0.3) is 5.13 Å². The summed E-state index contributed by atoms with van der Waals surface area (Å²) in [5.41, 5.74) is 1.33. The van der Waals surface area contributed by atoms with E-state index in [2.05, 4.69) is 20.4 Å². The standard InChI is InChI=1S/C18H11ClN4OS/c19-13-8-5-12(6-9-13)17-21-23-18(25-17)22-20-16-14-4-2-1-3-11(14)7-10-15(16)24/h1-10,24H. The van der Waals surface area contributed by atoms with E-state index in [9.17, 15) is 5.11 Å². The monoisotopic (exact) mass is 366 g/mol. The van der Waals surface area contributed by atoms with Crippen LogP contribution in [-0.4, -0.2) is 15.3 Å². The Labute approximate surface area is 152 Å². The van der Waals surface area contributed by atoms with Crippen LogP contribution in [0.15, 0.2) is 70.9 Å². The van der Waals surface area contributed by atoms with Crippen molar-refractivity contribution in [2.75, 3.05) is 0 Å². The number of benzene rings is 3. The van der Waals surface area contributed by atoms with Gasteiger partial charge in [-0.25, -0.2) is 0 Å². The van der Waals surface area contributed by atoms with E-state index in [1.54, 1.807) is 18.2 Å². The maximum absolute atomic E-state index is 10.1. The molecule has 1 N–H and O–H groups in total. The maximum atomic E-state index is 10.1. The van der Waals surface area contributed by atoms with E-state index in [0.29, 0.717) is 15.8 Å². The lowest BCUT2D eigenvalue weighted by Gasteiger charge is -2.02. The first-order valence-corrected chi connectivity index (χ1v) is 8.62. The molecule has 4 aromatic rings. The lowest BCUT2D eigenvalue weighted by Crippen LogP contribution is -1.75. The third-order valence-electron chi connectivity index (χ3n) is 3.62. The number of aromatic hydroxyl groups is 1. The van der Waals surface area contributed by atoms with Crippen LogP contribution < -0.4 is 0 Å². The Hall–Kier alpha value is -2.83. The number of hydrogen-bond donors (Lipinski definition) is 1. The molecule has 122 valence electrons. The molecule has 0 aliphatic carbocycles. The molecule has 0 spiro atoms. The molecule has 1 aromatic heterocycles. The van der Waals surface area contributed by atoms with Crippen molar-refractivity contribution in [2.24, 2.45) is 10.2 Å². The van der Waals surface area contributed by atoms with Gasteiger partial charge < -0.3 is 5.11 Å². The van der Waals surface area contributed by atoms with Crippen LogP contribution in [0.4, 0.5) is 10.8 Å². The van der Waals surface area contributed by atoms with E-state index in [1.807, 2.05) is 42.5 Å². The highest BCUT2D eigenvalue weighted by Gasteiger charge is 2.08. The Morgan fingerprint density at radius 1 is 0.880 bits per heavy atom. The molecule has 0 aliphatic rings. The first-order valence-electron chi connectivity index (χ1n) is 7.42.